The van der Waals surface area contributed by atoms with Crippen LogP contribution in [0, 0.1) is 0 Å². The Kier molecular flexibility index (Phi) is 5.26. The average Bonchev–Trinajstić information content (AvgIpc) is 3.02. The molecule has 2 aromatic carbocycles. The molecule has 1 heterocycles. The first kappa shape index (κ1) is 18.6. The minimum atomic E-state index is -0.163. The largest absolute Gasteiger partial charge is 0.352 e. The van der Waals surface area contributed by atoms with Gasteiger partial charge in [0.2, 0.25) is 11.9 Å². The van der Waals surface area contributed by atoms with Crippen LogP contribution in [-0.2, 0) is 10.2 Å². The number of H-pyrrole nitrogens is 1. The Morgan fingerprint density at radius 1 is 1.11 bits per heavy atom. The zero-order valence-corrected chi connectivity index (χ0v) is 15.8. The molecule has 0 fully saturated rings. The highest BCUT2D eigenvalue weighted by Gasteiger charge is 2.21. The summed E-state index contributed by atoms with van der Waals surface area (Å²) < 4.78 is 0. The van der Waals surface area contributed by atoms with Crippen molar-refractivity contribution in [2.45, 2.75) is 32.6 Å². The molecule has 0 bridgehead atoms. The molecule has 0 aliphatic carbocycles. The average molecular weight is 364 g/mol. The van der Waals surface area contributed by atoms with Crippen molar-refractivity contribution in [3.63, 3.8) is 0 Å². The van der Waals surface area contributed by atoms with Crippen LogP contribution in [0.2, 0.25) is 0 Å². The zero-order valence-electron chi connectivity index (χ0n) is 15.8. The highest BCUT2D eigenvalue weighted by atomic mass is 16.2. The first-order chi connectivity index (χ1) is 12.8. The quantitative estimate of drug-likeness (QED) is 0.624. The topological polar surface area (TPSA) is 86.9 Å². The number of carbonyl (C=O) groups is 2. The third-order valence-electron chi connectivity index (χ3n) is 4.63. The van der Waals surface area contributed by atoms with Gasteiger partial charge in [0, 0.05) is 19.0 Å². The highest BCUT2D eigenvalue weighted by molar-refractivity contribution is 5.94. The summed E-state index contributed by atoms with van der Waals surface area (Å²) in [4.78, 5) is 30.8. The van der Waals surface area contributed by atoms with Crippen LogP contribution in [0.3, 0.4) is 0 Å². The van der Waals surface area contributed by atoms with Crippen LogP contribution in [0.1, 0.15) is 43.1 Å². The molecule has 3 rings (SSSR count). The second-order valence-corrected chi connectivity index (χ2v) is 7.25. The van der Waals surface area contributed by atoms with Crippen molar-refractivity contribution in [2.75, 3.05) is 11.9 Å². The van der Waals surface area contributed by atoms with Gasteiger partial charge in [0.05, 0.1) is 11.0 Å². The molecule has 6 heteroatoms. The second kappa shape index (κ2) is 7.61. The number of rotatable bonds is 6. The lowest BCUT2D eigenvalue weighted by Gasteiger charge is -2.25. The first-order valence-corrected chi connectivity index (χ1v) is 8.96. The molecule has 0 saturated heterocycles. The Morgan fingerprint density at radius 2 is 1.85 bits per heavy atom. The van der Waals surface area contributed by atoms with E-state index in [1.165, 1.54) is 6.92 Å². The van der Waals surface area contributed by atoms with Crippen molar-refractivity contribution in [3.8, 4) is 0 Å². The Hall–Kier alpha value is -3.15. The van der Waals surface area contributed by atoms with Gasteiger partial charge in [0.15, 0.2) is 0 Å². The minimum absolute atomic E-state index is 0.0598. The second-order valence-electron chi connectivity index (χ2n) is 7.25. The minimum Gasteiger partial charge on any atom is -0.352 e. The van der Waals surface area contributed by atoms with E-state index in [1.54, 1.807) is 12.1 Å². The van der Waals surface area contributed by atoms with Gasteiger partial charge in [-0.05, 0) is 41.7 Å². The highest BCUT2D eigenvalue weighted by Crippen LogP contribution is 2.29. The van der Waals surface area contributed by atoms with Gasteiger partial charge >= 0.3 is 0 Å². The summed E-state index contributed by atoms with van der Waals surface area (Å²) in [6, 6.07) is 15.2. The van der Waals surface area contributed by atoms with Gasteiger partial charge in [-0.15, -0.1) is 0 Å². The monoisotopic (exact) mass is 364 g/mol. The van der Waals surface area contributed by atoms with Crippen molar-refractivity contribution >= 4 is 28.8 Å². The summed E-state index contributed by atoms with van der Waals surface area (Å²) in [6.45, 7) is 6.33. The lowest BCUT2D eigenvalue weighted by molar-refractivity contribution is -0.114. The summed E-state index contributed by atoms with van der Waals surface area (Å²) in [7, 11) is 0. The van der Waals surface area contributed by atoms with Gasteiger partial charge in [-0.1, -0.05) is 38.1 Å². The van der Waals surface area contributed by atoms with Crippen LogP contribution in [0.5, 0.6) is 0 Å². The molecule has 140 valence electrons. The number of nitrogens with one attached hydrogen (secondary N) is 3. The predicted octanol–water partition coefficient (Wildman–Crippen LogP) is 3.62. The summed E-state index contributed by atoms with van der Waals surface area (Å²) in [5.41, 5.74) is 3.35. The van der Waals surface area contributed by atoms with E-state index in [9.17, 15) is 9.59 Å². The number of imidazole rings is 1. The Balaban J connectivity index is 1.66. The maximum absolute atomic E-state index is 12.2. The molecule has 27 heavy (non-hydrogen) atoms. The lowest BCUT2D eigenvalue weighted by atomic mass is 9.81. The number of aromatic nitrogens is 2. The maximum atomic E-state index is 12.2. The number of anilines is 1. The maximum Gasteiger partial charge on any atom is 0.251 e. The Morgan fingerprint density at radius 3 is 2.56 bits per heavy atom. The Labute approximate surface area is 158 Å². The van der Waals surface area contributed by atoms with Gasteiger partial charge in [0.1, 0.15) is 0 Å². The molecule has 0 unspecified atom stereocenters. The fourth-order valence-corrected chi connectivity index (χ4v) is 2.98. The molecule has 1 aromatic heterocycles. The van der Waals surface area contributed by atoms with Crippen LogP contribution < -0.4 is 10.6 Å². The van der Waals surface area contributed by atoms with Crippen LogP contribution in [-0.4, -0.2) is 28.3 Å². The molecule has 0 saturated carbocycles. The molecule has 0 spiro atoms. The van der Waals surface area contributed by atoms with E-state index >= 15 is 0 Å². The van der Waals surface area contributed by atoms with E-state index in [0.29, 0.717) is 18.1 Å². The third kappa shape index (κ3) is 4.53. The first-order valence-electron chi connectivity index (χ1n) is 8.96. The van der Waals surface area contributed by atoms with Gasteiger partial charge < -0.3 is 10.3 Å². The molecule has 0 radical (unpaired) electrons. The molecule has 2 amide bonds. The number of nitrogens with zero attached hydrogens (tertiary/aromatic N) is 1. The number of carbonyl (C=O) groups excluding carboxylic acids is 2. The normalized spacial score (nSPS) is 11.4. The van der Waals surface area contributed by atoms with Crippen LogP contribution in [0.15, 0.2) is 48.5 Å². The van der Waals surface area contributed by atoms with E-state index in [2.05, 4.69) is 34.4 Å². The number of fused-ring (bicyclic) bond motifs is 1. The van der Waals surface area contributed by atoms with E-state index in [0.717, 1.165) is 23.0 Å². The summed E-state index contributed by atoms with van der Waals surface area (Å²) in [5.74, 6) is 0.224. The van der Waals surface area contributed by atoms with Crippen molar-refractivity contribution in [2.24, 2.45) is 0 Å². The van der Waals surface area contributed by atoms with Crippen LogP contribution >= 0.6 is 0 Å². The number of aromatic amines is 1. The van der Waals surface area contributed by atoms with Gasteiger partial charge in [-0.3, -0.25) is 14.9 Å². The molecule has 0 atom stereocenters. The molecular weight excluding hydrogens is 340 g/mol. The zero-order chi connectivity index (χ0) is 19.4. The SMILES string of the molecule is CC(=O)Nc1nc2ccc(C(C)(C)CCNC(=O)c3ccccc3)cc2[nH]1. The smallest absolute Gasteiger partial charge is 0.251 e. The number of hydrogen-bond donors (Lipinski definition) is 3. The summed E-state index contributed by atoms with van der Waals surface area (Å²) in [6.07, 6.45) is 0.795. The van der Waals surface area contributed by atoms with Crippen LogP contribution in [0.4, 0.5) is 5.95 Å². The van der Waals surface area contributed by atoms with Crippen molar-refractivity contribution in [3.05, 3.63) is 59.7 Å². The van der Waals surface area contributed by atoms with Crippen molar-refractivity contribution in [1.29, 1.82) is 0 Å². The number of amides is 2. The molecule has 6 nitrogen and oxygen atoms in total. The molecule has 3 N–H and O–H groups in total. The predicted molar refractivity (Wildman–Crippen MR) is 107 cm³/mol. The number of hydrogen-bond acceptors (Lipinski definition) is 3. The van der Waals surface area contributed by atoms with E-state index in [1.807, 2.05) is 36.4 Å². The fourth-order valence-electron chi connectivity index (χ4n) is 2.98. The van der Waals surface area contributed by atoms with Crippen LogP contribution in [0.25, 0.3) is 11.0 Å². The standard InChI is InChI=1S/C21H24N4O2/c1-14(26)23-20-24-17-10-9-16(13-18(17)25-20)21(2,3)11-12-22-19(27)15-7-5-4-6-8-15/h4-10,13H,11-12H2,1-3H3,(H,22,27)(H2,23,24,25,26). The lowest BCUT2D eigenvalue weighted by Crippen LogP contribution is -2.29. The molecular formula is C21H24N4O2. The summed E-state index contributed by atoms with van der Waals surface area (Å²) in [5, 5.41) is 5.64. The molecule has 0 aliphatic rings. The van der Waals surface area contributed by atoms with Gasteiger partial charge in [-0.2, -0.15) is 0 Å². The fraction of sp³-hybridized carbons (Fsp3) is 0.286. The Bertz CT molecular complexity index is 961. The van der Waals surface area contributed by atoms with Crippen molar-refractivity contribution in [1.82, 2.24) is 15.3 Å². The summed E-state index contributed by atoms with van der Waals surface area (Å²) >= 11 is 0. The molecule has 3 aromatic rings. The number of benzene rings is 2. The molecule has 0 aliphatic heterocycles. The van der Waals surface area contributed by atoms with Gasteiger partial charge in [-0.25, -0.2) is 4.98 Å². The van der Waals surface area contributed by atoms with Crippen molar-refractivity contribution < 1.29 is 9.59 Å². The third-order valence-corrected chi connectivity index (χ3v) is 4.63. The van der Waals surface area contributed by atoms with E-state index in [4.69, 9.17) is 0 Å². The van der Waals surface area contributed by atoms with E-state index in [-0.39, 0.29) is 17.2 Å². The van der Waals surface area contributed by atoms with E-state index < -0.39 is 0 Å². The van der Waals surface area contributed by atoms with Gasteiger partial charge in [0.25, 0.3) is 5.91 Å².